The molecule has 0 aliphatic carbocycles. The van der Waals surface area contributed by atoms with Crippen LogP contribution in [-0.4, -0.2) is 17.9 Å². The zero-order chi connectivity index (χ0) is 19.3. The molecule has 0 heterocycles. The van der Waals surface area contributed by atoms with Crippen molar-refractivity contribution in [3.05, 3.63) is 70.8 Å². The van der Waals surface area contributed by atoms with Crippen molar-refractivity contribution < 1.29 is 22.8 Å². The Balaban J connectivity index is 2.13. The second-order valence-corrected chi connectivity index (χ2v) is 5.52. The molecule has 0 bridgehead atoms. The van der Waals surface area contributed by atoms with Gasteiger partial charge in [0.15, 0.2) is 0 Å². The van der Waals surface area contributed by atoms with E-state index in [4.69, 9.17) is 11.0 Å². The Morgan fingerprint density at radius 1 is 1.15 bits per heavy atom. The van der Waals surface area contributed by atoms with E-state index in [1.807, 2.05) is 6.07 Å². The number of amides is 2. The molecule has 0 radical (unpaired) electrons. The molecule has 3 N–H and O–H groups in total. The van der Waals surface area contributed by atoms with Gasteiger partial charge in [-0.1, -0.05) is 12.1 Å². The van der Waals surface area contributed by atoms with E-state index < -0.39 is 29.6 Å². The van der Waals surface area contributed by atoms with E-state index in [0.29, 0.717) is 11.1 Å². The van der Waals surface area contributed by atoms with Crippen LogP contribution in [0.15, 0.2) is 48.5 Å². The Bertz CT molecular complexity index is 855. The van der Waals surface area contributed by atoms with Gasteiger partial charge in [0, 0.05) is 12.0 Å². The van der Waals surface area contributed by atoms with Crippen molar-refractivity contribution in [2.75, 3.05) is 0 Å². The van der Waals surface area contributed by atoms with Gasteiger partial charge in [0.25, 0.3) is 5.91 Å². The van der Waals surface area contributed by atoms with Gasteiger partial charge in [-0.05, 0) is 42.0 Å². The van der Waals surface area contributed by atoms with Crippen LogP contribution >= 0.6 is 0 Å². The van der Waals surface area contributed by atoms with Crippen molar-refractivity contribution in [2.24, 2.45) is 5.73 Å². The normalized spacial score (nSPS) is 12.1. The van der Waals surface area contributed by atoms with Crippen LogP contribution < -0.4 is 11.1 Å². The third-order valence-corrected chi connectivity index (χ3v) is 3.62. The van der Waals surface area contributed by atoms with Gasteiger partial charge >= 0.3 is 6.18 Å². The predicted molar refractivity (Wildman–Crippen MR) is 86.8 cm³/mol. The van der Waals surface area contributed by atoms with Gasteiger partial charge in [-0.15, -0.1) is 0 Å². The maximum absolute atomic E-state index is 12.6. The summed E-state index contributed by atoms with van der Waals surface area (Å²) in [6.45, 7) is 0. The van der Waals surface area contributed by atoms with Crippen molar-refractivity contribution in [3.8, 4) is 6.07 Å². The molecule has 2 amide bonds. The summed E-state index contributed by atoms with van der Waals surface area (Å²) in [6.07, 6.45) is -4.45. The fourth-order valence-corrected chi connectivity index (χ4v) is 2.28. The van der Waals surface area contributed by atoms with Gasteiger partial charge in [-0.3, -0.25) is 9.59 Å². The number of benzene rings is 2. The summed E-state index contributed by atoms with van der Waals surface area (Å²) in [5.74, 6) is -1.52. The Labute approximate surface area is 147 Å². The minimum absolute atomic E-state index is 0.0324. The number of nitriles is 1. The highest BCUT2D eigenvalue weighted by Crippen LogP contribution is 2.29. The van der Waals surface area contributed by atoms with Crippen molar-refractivity contribution in [1.29, 1.82) is 5.26 Å². The molecule has 2 aromatic carbocycles. The molecule has 0 aliphatic heterocycles. The van der Waals surface area contributed by atoms with Crippen LogP contribution in [0.25, 0.3) is 0 Å². The summed E-state index contributed by atoms with van der Waals surface area (Å²) in [5.41, 5.74) is 5.38. The van der Waals surface area contributed by atoms with E-state index in [2.05, 4.69) is 5.32 Å². The summed E-state index contributed by atoms with van der Waals surface area (Å²) in [6, 6.07) is 10.9. The summed E-state index contributed by atoms with van der Waals surface area (Å²) in [5, 5.41) is 11.3. The lowest BCUT2D eigenvalue weighted by Crippen LogP contribution is -2.45. The van der Waals surface area contributed by atoms with Crippen LogP contribution in [0, 0.1) is 11.3 Å². The number of carbonyl (C=O) groups is 2. The molecule has 0 aliphatic rings. The minimum Gasteiger partial charge on any atom is -0.368 e. The van der Waals surface area contributed by atoms with Gasteiger partial charge in [0.2, 0.25) is 5.91 Å². The Morgan fingerprint density at radius 2 is 1.81 bits per heavy atom. The number of nitrogens with zero attached hydrogens (tertiary/aromatic N) is 1. The molecule has 0 aromatic heterocycles. The molecule has 134 valence electrons. The first-order valence-electron chi connectivity index (χ1n) is 7.47. The van der Waals surface area contributed by atoms with Crippen LogP contribution in [-0.2, 0) is 17.4 Å². The van der Waals surface area contributed by atoms with Crippen LogP contribution in [0.2, 0.25) is 0 Å². The maximum atomic E-state index is 12.6. The lowest BCUT2D eigenvalue weighted by atomic mass is 10.0. The first-order valence-corrected chi connectivity index (χ1v) is 7.47. The highest BCUT2D eigenvalue weighted by atomic mass is 19.4. The monoisotopic (exact) mass is 361 g/mol. The topological polar surface area (TPSA) is 96.0 Å². The average Bonchev–Trinajstić information content (AvgIpc) is 2.60. The molecule has 26 heavy (non-hydrogen) atoms. The molecule has 0 unspecified atom stereocenters. The smallest absolute Gasteiger partial charge is 0.368 e. The van der Waals surface area contributed by atoms with E-state index >= 15 is 0 Å². The number of halogens is 3. The first-order chi connectivity index (χ1) is 12.2. The molecular formula is C18H14F3N3O2. The first kappa shape index (κ1) is 19.0. The average molecular weight is 361 g/mol. The second kappa shape index (κ2) is 7.70. The minimum atomic E-state index is -4.50. The van der Waals surface area contributed by atoms with Crippen molar-refractivity contribution in [2.45, 2.75) is 18.6 Å². The number of nitrogens with one attached hydrogen (secondary N) is 1. The summed E-state index contributed by atoms with van der Waals surface area (Å²) in [4.78, 5) is 23.8. The van der Waals surface area contributed by atoms with E-state index in [-0.39, 0.29) is 12.0 Å². The molecule has 5 nitrogen and oxygen atoms in total. The SMILES string of the molecule is N#Cc1cccc(C[C@@H](NC(=O)c2ccc(C(F)(F)F)cc2)C(N)=O)c1. The quantitative estimate of drug-likeness (QED) is 0.856. The number of primary amides is 1. The lowest BCUT2D eigenvalue weighted by Gasteiger charge is -2.16. The highest BCUT2D eigenvalue weighted by Gasteiger charge is 2.30. The summed E-state index contributed by atoms with van der Waals surface area (Å²) >= 11 is 0. The van der Waals surface area contributed by atoms with E-state index in [9.17, 15) is 22.8 Å². The van der Waals surface area contributed by atoms with Gasteiger partial charge in [-0.25, -0.2) is 0 Å². The lowest BCUT2D eigenvalue weighted by molar-refractivity contribution is -0.137. The van der Waals surface area contributed by atoms with Gasteiger partial charge in [0.1, 0.15) is 6.04 Å². The molecule has 1 atom stereocenters. The summed E-state index contributed by atoms with van der Waals surface area (Å²) < 4.78 is 37.7. The summed E-state index contributed by atoms with van der Waals surface area (Å²) in [7, 11) is 0. The third-order valence-electron chi connectivity index (χ3n) is 3.62. The maximum Gasteiger partial charge on any atom is 0.416 e. The van der Waals surface area contributed by atoms with Crippen LogP contribution in [0.4, 0.5) is 13.2 Å². The van der Waals surface area contributed by atoms with Crippen molar-refractivity contribution in [3.63, 3.8) is 0 Å². The molecule has 8 heteroatoms. The number of hydrogen-bond donors (Lipinski definition) is 2. The number of nitrogens with two attached hydrogens (primary N) is 1. The third kappa shape index (κ3) is 4.83. The fourth-order valence-electron chi connectivity index (χ4n) is 2.28. The molecule has 0 fully saturated rings. The number of hydrogen-bond acceptors (Lipinski definition) is 3. The molecule has 0 spiro atoms. The van der Waals surface area contributed by atoms with Gasteiger partial charge < -0.3 is 11.1 Å². The molecule has 0 saturated carbocycles. The predicted octanol–water partition coefficient (Wildman–Crippen LogP) is 2.40. The van der Waals surface area contributed by atoms with E-state index in [1.54, 1.807) is 24.3 Å². The standard InChI is InChI=1S/C18H14F3N3O2/c19-18(20,21)14-6-4-13(5-7-14)17(26)24-15(16(23)25)9-11-2-1-3-12(8-11)10-22/h1-8,15H,9H2,(H2,23,25)(H,24,26)/t15-/m1/s1. The van der Waals surface area contributed by atoms with E-state index in [0.717, 1.165) is 24.3 Å². The number of rotatable bonds is 5. The number of carbonyl (C=O) groups excluding carboxylic acids is 2. The Hall–Kier alpha value is -3.34. The van der Waals surface area contributed by atoms with Crippen molar-refractivity contribution in [1.82, 2.24) is 5.32 Å². The van der Waals surface area contributed by atoms with Crippen LogP contribution in [0.3, 0.4) is 0 Å². The highest BCUT2D eigenvalue weighted by molar-refractivity contribution is 5.97. The Morgan fingerprint density at radius 3 is 2.35 bits per heavy atom. The molecule has 0 saturated heterocycles. The van der Waals surface area contributed by atoms with Gasteiger partial charge in [0.05, 0.1) is 17.2 Å². The van der Waals surface area contributed by atoms with Crippen LogP contribution in [0.5, 0.6) is 0 Å². The number of alkyl halides is 3. The zero-order valence-electron chi connectivity index (χ0n) is 13.4. The zero-order valence-corrected chi connectivity index (χ0v) is 13.4. The largest absolute Gasteiger partial charge is 0.416 e. The molecule has 2 aromatic rings. The van der Waals surface area contributed by atoms with Crippen LogP contribution in [0.1, 0.15) is 27.0 Å². The molecular weight excluding hydrogens is 347 g/mol. The fraction of sp³-hybridized carbons (Fsp3) is 0.167. The van der Waals surface area contributed by atoms with Crippen molar-refractivity contribution >= 4 is 11.8 Å². The Kier molecular flexibility index (Phi) is 5.62. The van der Waals surface area contributed by atoms with E-state index in [1.165, 1.54) is 0 Å². The molecule has 2 rings (SSSR count). The second-order valence-electron chi connectivity index (χ2n) is 5.52. The van der Waals surface area contributed by atoms with Gasteiger partial charge in [-0.2, -0.15) is 18.4 Å².